The number of aromatic nitrogens is 3. The van der Waals surface area contributed by atoms with Crippen LogP contribution in [-0.2, 0) is 6.61 Å². The fraction of sp³-hybridized carbons (Fsp3) is 0.333. The zero-order valence-electron chi connectivity index (χ0n) is 10.4. The summed E-state index contributed by atoms with van der Waals surface area (Å²) in [4.78, 5) is 10.4. The number of halogens is 1. The molecular weight excluding hydrogens is 267 g/mol. The van der Waals surface area contributed by atoms with Crippen molar-refractivity contribution in [1.29, 1.82) is 0 Å². The van der Waals surface area contributed by atoms with Crippen LogP contribution in [0.25, 0.3) is 11.4 Å². The first-order valence-electron chi connectivity index (χ1n) is 6.10. The minimum absolute atomic E-state index is 0.145. The number of rotatable bonds is 4. The first kappa shape index (κ1) is 12.7. The number of hydrogen-bond donors (Lipinski definition) is 1. The molecule has 0 saturated heterocycles. The van der Waals surface area contributed by atoms with Crippen LogP contribution in [0.4, 0.5) is 10.1 Å². The monoisotopic (exact) mass is 278 g/mol. The summed E-state index contributed by atoms with van der Waals surface area (Å²) in [7, 11) is 0. The molecule has 0 unspecified atom stereocenters. The van der Waals surface area contributed by atoms with Gasteiger partial charge in [0.2, 0.25) is 0 Å². The second-order valence-electron chi connectivity index (χ2n) is 4.62. The van der Waals surface area contributed by atoms with Gasteiger partial charge in [-0.25, -0.2) is 4.39 Å². The minimum Gasteiger partial charge on any atom is -0.388 e. The Morgan fingerprint density at radius 3 is 2.80 bits per heavy atom. The number of benzene rings is 1. The maximum atomic E-state index is 13.2. The molecule has 20 heavy (non-hydrogen) atoms. The van der Waals surface area contributed by atoms with Crippen LogP contribution in [0, 0.1) is 15.9 Å². The van der Waals surface area contributed by atoms with Gasteiger partial charge in [0, 0.05) is 6.04 Å². The Labute approximate surface area is 112 Å². The highest BCUT2D eigenvalue weighted by molar-refractivity contribution is 5.68. The first-order chi connectivity index (χ1) is 9.61. The van der Waals surface area contributed by atoms with Crippen molar-refractivity contribution in [2.75, 3.05) is 0 Å². The van der Waals surface area contributed by atoms with Crippen molar-refractivity contribution >= 4 is 5.69 Å². The summed E-state index contributed by atoms with van der Waals surface area (Å²) in [6.45, 7) is -0.293. The Morgan fingerprint density at radius 1 is 1.45 bits per heavy atom. The Balaban J connectivity index is 2.18. The lowest BCUT2D eigenvalue weighted by Gasteiger charge is -2.08. The molecule has 1 aliphatic rings. The Bertz CT molecular complexity index is 681. The van der Waals surface area contributed by atoms with Gasteiger partial charge in [0.25, 0.3) is 5.69 Å². The molecule has 7 nitrogen and oxygen atoms in total. The quantitative estimate of drug-likeness (QED) is 0.680. The van der Waals surface area contributed by atoms with Gasteiger partial charge in [-0.2, -0.15) is 0 Å². The van der Waals surface area contributed by atoms with E-state index in [9.17, 15) is 19.6 Å². The lowest BCUT2D eigenvalue weighted by atomic mass is 10.1. The van der Waals surface area contributed by atoms with Crippen LogP contribution < -0.4 is 0 Å². The van der Waals surface area contributed by atoms with Crippen LogP contribution in [0.5, 0.6) is 0 Å². The van der Waals surface area contributed by atoms with Gasteiger partial charge in [-0.3, -0.25) is 10.1 Å². The number of nitro groups is 1. The molecule has 1 saturated carbocycles. The molecule has 3 rings (SSSR count). The van der Waals surface area contributed by atoms with Crippen LogP contribution in [0.1, 0.15) is 24.7 Å². The fourth-order valence-corrected chi connectivity index (χ4v) is 2.18. The third-order valence-electron chi connectivity index (χ3n) is 3.22. The van der Waals surface area contributed by atoms with Crippen molar-refractivity contribution in [3.05, 3.63) is 40.0 Å². The molecule has 104 valence electrons. The van der Waals surface area contributed by atoms with E-state index in [1.807, 2.05) is 0 Å². The number of hydrogen-bond acceptors (Lipinski definition) is 5. The van der Waals surface area contributed by atoms with Crippen LogP contribution >= 0.6 is 0 Å². The summed E-state index contributed by atoms with van der Waals surface area (Å²) in [6, 6.07) is 3.47. The smallest absolute Gasteiger partial charge is 0.283 e. The predicted octanol–water partition coefficient (Wildman–Crippen LogP) is 1.82. The van der Waals surface area contributed by atoms with E-state index in [-0.39, 0.29) is 23.9 Å². The molecular formula is C12H11FN4O3. The van der Waals surface area contributed by atoms with Crippen molar-refractivity contribution in [3.8, 4) is 11.4 Å². The van der Waals surface area contributed by atoms with E-state index in [2.05, 4.69) is 10.2 Å². The molecule has 0 amide bonds. The van der Waals surface area contributed by atoms with Gasteiger partial charge < -0.3 is 9.67 Å². The molecule has 8 heteroatoms. The normalized spacial score (nSPS) is 14.5. The zero-order chi connectivity index (χ0) is 14.3. The zero-order valence-corrected chi connectivity index (χ0v) is 10.4. The van der Waals surface area contributed by atoms with Crippen molar-refractivity contribution in [3.63, 3.8) is 0 Å². The summed E-state index contributed by atoms with van der Waals surface area (Å²) in [6.07, 6.45) is 1.82. The summed E-state index contributed by atoms with van der Waals surface area (Å²) in [5.41, 5.74) is -0.153. The van der Waals surface area contributed by atoms with Gasteiger partial charge in [-0.05, 0) is 25.0 Å². The molecule has 0 aliphatic heterocycles. The van der Waals surface area contributed by atoms with E-state index in [0.29, 0.717) is 11.6 Å². The second kappa shape index (κ2) is 4.64. The van der Waals surface area contributed by atoms with Gasteiger partial charge >= 0.3 is 0 Å². The van der Waals surface area contributed by atoms with E-state index in [1.54, 1.807) is 4.57 Å². The third-order valence-corrected chi connectivity index (χ3v) is 3.22. The fourth-order valence-electron chi connectivity index (χ4n) is 2.18. The molecule has 1 aromatic carbocycles. The van der Waals surface area contributed by atoms with E-state index in [1.165, 1.54) is 6.07 Å². The van der Waals surface area contributed by atoms with Crippen molar-refractivity contribution in [1.82, 2.24) is 14.8 Å². The molecule has 1 fully saturated rings. The van der Waals surface area contributed by atoms with Gasteiger partial charge in [0.15, 0.2) is 11.6 Å². The average molecular weight is 278 g/mol. The van der Waals surface area contributed by atoms with Crippen molar-refractivity contribution in [2.45, 2.75) is 25.5 Å². The highest BCUT2D eigenvalue weighted by Crippen LogP contribution is 2.40. The highest BCUT2D eigenvalue weighted by atomic mass is 19.1. The Kier molecular flexibility index (Phi) is 2.94. The molecule has 2 aromatic rings. The molecule has 1 N–H and O–H groups in total. The standard InChI is InChI=1S/C12H11FN4O3/c13-7-1-4-9(10(5-7)17(19)20)12-15-14-11(6-18)16(12)8-2-3-8/h1,4-5,8,18H,2-3,6H2. The van der Waals surface area contributed by atoms with Gasteiger partial charge in [-0.1, -0.05) is 0 Å². The summed E-state index contributed by atoms with van der Waals surface area (Å²) < 4.78 is 14.9. The molecule has 0 spiro atoms. The highest BCUT2D eigenvalue weighted by Gasteiger charge is 2.32. The van der Waals surface area contributed by atoms with Crippen LogP contribution in [0.3, 0.4) is 0 Å². The number of nitrogens with zero attached hydrogens (tertiary/aromatic N) is 4. The van der Waals surface area contributed by atoms with Crippen LogP contribution in [0.2, 0.25) is 0 Å². The molecule has 1 heterocycles. The van der Waals surface area contributed by atoms with Crippen molar-refractivity contribution < 1.29 is 14.4 Å². The largest absolute Gasteiger partial charge is 0.388 e. The van der Waals surface area contributed by atoms with Crippen LogP contribution in [0.15, 0.2) is 18.2 Å². The Morgan fingerprint density at radius 2 is 2.20 bits per heavy atom. The SMILES string of the molecule is O=[N+]([O-])c1cc(F)ccc1-c1nnc(CO)n1C1CC1. The molecule has 1 aliphatic carbocycles. The molecule has 0 atom stereocenters. The second-order valence-corrected chi connectivity index (χ2v) is 4.62. The van der Waals surface area contributed by atoms with Gasteiger partial charge in [-0.15, -0.1) is 10.2 Å². The van der Waals surface area contributed by atoms with E-state index >= 15 is 0 Å². The summed E-state index contributed by atoms with van der Waals surface area (Å²) in [5.74, 6) is -0.0234. The topological polar surface area (TPSA) is 94.1 Å². The van der Waals surface area contributed by atoms with E-state index in [4.69, 9.17) is 0 Å². The average Bonchev–Trinajstić information content (AvgIpc) is 3.18. The molecule has 0 bridgehead atoms. The van der Waals surface area contributed by atoms with Crippen molar-refractivity contribution in [2.24, 2.45) is 0 Å². The molecule has 0 radical (unpaired) electrons. The summed E-state index contributed by atoms with van der Waals surface area (Å²) in [5, 5.41) is 28.1. The maximum Gasteiger partial charge on any atom is 0.283 e. The Hall–Kier alpha value is -2.35. The van der Waals surface area contributed by atoms with E-state index in [0.717, 1.165) is 25.0 Å². The third kappa shape index (κ3) is 2.03. The van der Waals surface area contributed by atoms with Gasteiger partial charge in [0.05, 0.1) is 16.6 Å². The predicted molar refractivity (Wildman–Crippen MR) is 66.3 cm³/mol. The number of aliphatic hydroxyl groups excluding tert-OH is 1. The maximum absolute atomic E-state index is 13.2. The lowest BCUT2D eigenvalue weighted by Crippen LogP contribution is -2.04. The molecule has 1 aromatic heterocycles. The minimum atomic E-state index is -0.680. The van der Waals surface area contributed by atoms with Gasteiger partial charge in [0.1, 0.15) is 12.4 Å². The summed E-state index contributed by atoms with van der Waals surface area (Å²) >= 11 is 0. The number of nitro benzene ring substituents is 1. The number of aliphatic hydroxyl groups is 1. The lowest BCUT2D eigenvalue weighted by molar-refractivity contribution is -0.384. The van der Waals surface area contributed by atoms with Crippen LogP contribution in [-0.4, -0.2) is 24.8 Å². The van der Waals surface area contributed by atoms with E-state index < -0.39 is 10.7 Å². The first-order valence-corrected chi connectivity index (χ1v) is 6.10.